The minimum atomic E-state index is -0.970. The highest BCUT2D eigenvalue weighted by Crippen LogP contribution is 2.27. The molecule has 0 saturated carbocycles. The molecule has 3 rings (SSSR count). The van der Waals surface area contributed by atoms with E-state index < -0.39 is 5.60 Å². The van der Waals surface area contributed by atoms with E-state index in [1.807, 2.05) is 38.1 Å². The third kappa shape index (κ3) is 4.59. The Hall–Kier alpha value is -3.81. The van der Waals surface area contributed by atoms with Gasteiger partial charge in [-0.15, -0.1) is 0 Å². The van der Waals surface area contributed by atoms with Crippen LogP contribution < -0.4 is 11.1 Å². The number of oxime groups is 1. The van der Waals surface area contributed by atoms with Gasteiger partial charge in [-0.1, -0.05) is 30.3 Å². The van der Waals surface area contributed by atoms with Gasteiger partial charge in [0.25, 0.3) is 5.91 Å². The Labute approximate surface area is 187 Å². The summed E-state index contributed by atoms with van der Waals surface area (Å²) in [5, 5.41) is 6.72. The summed E-state index contributed by atoms with van der Waals surface area (Å²) in [6.45, 7) is 9.03. The molecule has 1 aliphatic rings. The molecule has 0 saturated heterocycles. The van der Waals surface area contributed by atoms with Crippen LogP contribution in [0.25, 0.3) is 11.3 Å². The molecule has 0 spiro atoms. The minimum Gasteiger partial charge on any atom is -0.404 e. The lowest BCUT2D eigenvalue weighted by Gasteiger charge is -2.12. The van der Waals surface area contributed by atoms with E-state index >= 15 is 0 Å². The van der Waals surface area contributed by atoms with Gasteiger partial charge in [-0.2, -0.15) is 0 Å². The molecule has 1 amide bonds. The summed E-state index contributed by atoms with van der Waals surface area (Å²) in [4.78, 5) is 39.2. The maximum Gasteiger partial charge on any atom is 0.256 e. The van der Waals surface area contributed by atoms with E-state index in [1.54, 1.807) is 27.0 Å². The summed E-state index contributed by atoms with van der Waals surface area (Å²) in [6, 6.07) is 5.57. The van der Waals surface area contributed by atoms with Crippen molar-refractivity contribution in [3.63, 3.8) is 0 Å². The van der Waals surface area contributed by atoms with Crippen LogP contribution >= 0.6 is 0 Å². The number of hydrogen-bond acceptors (Lipinski definition) is 7. The first kappa shape index (κ1) is 22.9. The molecule has 2 heterocycles. The van der Waals surface area contributed by atoms with E-state index in [2.05, 4.69) is 20.4 Å². The van der Waals surface area contributed by atoms with Crippen LogP contribution in [0.4, 0.5) is 5.82 Å². The van der Waals surface area contributed by atoms with Crippen LogP contribution in [-0.2, 0) is 14.4 Å². The molecule has 0 radical (unpaired) electrons. The summed E-state index contributed by atoms with van der Waals surface area (Å²) in [7, 11) is 0. The molecule has 3 N–H and O–H groups in total. The smallest absolute Gasteiger partial charge is 0.256 e. The maximum absolute atomic E-state index is 12.6. The lowest BCUT2D eigenvalue weighted by atomic mass is 9.93. The zero-order valence-corrected chi connectivity index (χ0v) is 18.9. The number of aromatic nitrogens is 2. The Morgan fingerprint density at radius 2 is 2.00 bits per heavy atom. The predicted molar refractivity (Wildman–Crippen MR) is 124 cm³/mol. The number of benzene rings is 1. The number of rotatable bonds is 6. The fraction of sp³-hybridized carbons (Fsp3) is 0.292. The van der Waals surface area contributed by atoms with Gasteiger partial charge in [0.05, 0.1) is 18.1 Å². The van der Waals surface area contributed by atoms with Gasteiger partial charge in [0.2, 0.25) is 5.78 Å². The van der Waals surface area contributed by atoms with Gasteiger partial charge >= 0.3 is 0 Å². The molecule has 0 aliphatic carbocycles. The van der Waals surface area contributed by atoms with Gasteiger partial charge < -0.3 is 15.9 Å². The molecule has 0 bridgehead atoms. The van der Waals surface area contributed by atoms with Gasteiger partial charge in [-0.05, 0) is 57.5 Å². The SMILES string of the molecule is CC/C=C(C(=O)Nc1cnc(-c2cc(C3=NOC(C)(C)C3=O)ccc2C)cn1)\C(C)=C/N. The molecule has 2 aromatic rings. The summed E-state index contributed by atoms with van der Waals surface area (Å²) in [5.74, 6) is -0.147. The predicted octanol–water partition coefficient (Wildman–Crippen LogP) is 3.67. The topological polar surface area (TPSA) is 120 Å². The first-order valence-corrected chi connectivity index (χ1v) is 10.3. The van der Waals surface area contributed by atoms with Crippen LogP contribution in [0.1, 0.15) is 45.2 Å². The van der Waals surface area contributed by atoms with Gasteiger partial charge in [0.15, 0.2) is 17.1 Å². The quantitative estimate of drug-likeness (QED) is 0.530. The summed E-state index contributed by atoms with van der Waals surface area (Å²) in [6.07, 6.45) is 6.98. The largest absolute Gasteiger partial charge is 0.404 e. The highest BCUT2D eigenvalue weighted by atomic mass is 16.7. The Balaban J connectivity index is 1.84. The van der Waals surface area contributed by atoms with Crippen LogP contribution in [0.3, 0.4) is 0 Å². The van der Waals surface area contributed by atoms with Crippen molar-refractivity contribution >= 4 is 23.2 Å². The number of carbonyl (C=O) groups excluding carboxylic acids is 2. The van der Waals surface area contributed by atoms with Gasteiger partial charge in [-0.3, -0.25) is 14.6 Å². The van der Waals surface area contributed by atoms with Crippen LogP contribution in [-0.4, -0.2) is 33.0 Å². The maximum atomic E-state index is 12.6. The second-order valence-corrected chi connectivity index (χ2v) is 8.02. The van der Waals surface area contributed by atoms with Crippen LogP contribution in [0.15, 0.2) is 59.2 Å². The van der Waals surface area contributed by atoms with Crippen LogP contribution in [0.2, 0.25) is 0 Å². The second-order valence-electron chi connectivity index (χ2n) is 8.02. The summed E-state index contributed by atoms with van der Waals surface area (Å²) in [5.41, 5.74) is 9.08. The third-order valence-corrected chi connectivity index (χ3v) is 5.14. The number of allylic oxidation sites excluding steroid dienone is 1. The van der Waals surface area contributed by atoms with Crippen LogP contribution in [0.5, 0.6) is 0 Å². The zero-order valence-electron chi connectivity index (χ0n) is 18.9. The van der Waals surface area contributed by atoms with E-state index in [1.165, 1.54) is 12.4 Å². The molecule has 1 aromatic carbocycles. The first-order valence-electron chi connectivity index (χ1n) is 10.3. The Morgan fingerprint density at radius 1 is 1.25 bits per heavy atom. The number of nitrogens with zero attached hydrogens (tertiary/aromatic N) is 3. The van der Waals surface area contributed by atoms with Crippen molar-refractivity contribution in [1.29, 1.82) is 0 Å². The van der Waals surface area contributed by atoms with Crippen LogP contribution in [0, 0.1) is 6.92 Å². The Kier molecular flexibility index (Phi) is 6.53. The number of anilines is 1. The number of aryl methyl sites for hydroxylation is 1. The molecular weight excluding hydrogens is 406 g/mol. The fourth-order valence-electron chi connectivity index (χ4n) is 3.20. The van der Waals surface area contributed by atoms with E-state index in [-0.39, 0.29) is 17.4 Å². The van der Waals surface area contributed by atoms with Crippen molar-refractivity contribution in [2.45, 2.75) is 46.6 Å². The normalized spacial score (nSPS) is 15.9. The van der Waals surface area contributed by atoms with Crippen molar-refractivity contribution in [2.24, 2.45) is 10.9 Å². The van der Waals surface area contributed by atoms with Gasteiger partial charge in [0, 0.05) is 16.7 Å². The molecule has 1 aromatic heterocycles. The number of nitrogens with one attached hydrogen (secondary N) is 1. The Bertz CT molecular complexity index is 1140. The first-order chi connectivity index (χ1) is 15.2. The highest BCUT2D eigenvalue weighted by Gasteiger charge is 2.40. The standard InChI is InChI=1S/C24H27N5O3/c1-6-7-17(15(3)11-25)23(31)28-20-13-26-19(12-27-20)18-10-16(9-8-14(18)2)21-22(30)24(4,5)32-29-21/h7-13H,6,25H2,1-5H3,(H,27,28,31)/b15-11-,17-7+. The monoisotopic (exact) mass is 433 g/mol. The lowest BCUT2D eigenvalue weighted by Crippen LogP contribution is -2.33. The average molecular weight is 434 g/mol. The fourth-order valence-corrected chi connectivity index (χ4v) is 3.20. The number of carbonyl (C=O) groups is 2. The van der Waals surface area contributed by atoms with E-state index in [9.17, 15) is 9.59 Å². The van der Waals surface area contributed by atoms with Crippen molar-refractivity contribution in [3.05, 3.63) is 65.1 Å². The van der Waals surface area contributed by atoms with Gasteiger partial charge in [-0.25, -0.2) is 4.98 Å². The van der Waals surface area contributed by atoms with Crippen molar-refractivity contribution in [3.8, 4) is 11.3 Å². The van der Waals surface area contributed by atoms with Gasteiger partial charge in [0.1, 0.15) is 0 Å². The highest BCUT2D eigenvalue weighted by molar-refractivity contribution is 6.49. The van der Waals surface area contributed by atoms with E-state index in [4.69, 9.17) is 10.6 Å². The summed E-state index contributed by atoms with van der Waals surface area (Å²) >= 11 is 0. The number of nitrogens with two attached hydrogens (primary N) is 1. The number of hydrogen-bond donors (Lipinski definition) is 2. The number of amides is 1. The molecule has 1 aliphatic heterocycles. The van der Waals surface area contributed by atoms with Crippen molar-refractivity contribution < 1.29 is 14.4 Å². The Morgan fingerprint density at radius 3 is 2.56 bits per heavy atom. The molecular formula is C24H27N5O3. The molecule has 32 heavy (non-hydrogen) atoms. The number of ketones is 1. The van der Waals surface area contributed by atoms with E-state index in [0.717, 1.165) is 11.1 Å². The number of Topliss-reactive ketones (excluding diaryl/α,β-unsaturated/α-hetero) is 1. The lowest BCUT2D eigenvalue weighted by molar-refractivity contribution is -0.128. The molecule has 0 unspecified atom stereocenters. The van der Waals surface area contributed by atoms with Crippen molar-refractivity contribution in [2.75, 3.05) is 5.32 Å². The third-order valence-electron chi connectivity index (χ3n) is 5.14. The van der Waals surface area contributed by atoms with Crippen molar-refractivity contribution in [1.82, 2.24) is 9.97 Å². The molecule has 0 fully saturated rings. The van der Waals surface area contributed by atoms with E-state index in [0.29, 0.717) is 34.6 Å². The zero-order chi connectivity index (χ0) is 23.5. The molecule has 8 nitrogen and oxygen atoms in total. The molecule has 166 valence electrons. The minimum absolute atomic E-state index is 0.172. The molecule has 0 atom stereocenters. The average Bonchev–Trinajstić information content (AvgIpc) is 3.05. The molecule has 8 heteroatoms. The summed E-state index contributed by atoms with van der Waals surface area (Å²) < 4.78 is 0. The second kappa shape index (κ2) is 9.13.